The maximum atomic E-state index is 4.81. The first kappa shape index (κ1) is 18.6. The second-order valence-corrected chi connectivity index (χ2v) is 7.46. The van der Waals surface area contributed by atoms with Gasteiger partial charge in [-0.05, 0) is 24.6 Å². The van der Waals surface area contributed by atoms with Gasteiger partial charge in [-0.1, -0.05) is 36.4 Å². The van der Waals surface area contributed by atoms with Crippen LogP contribution in [0.4, 0.5) is 5.82 Å². The molecule has 0 radical (unpaired) electrons. The molecule has 1 aliphatic rings. The standard InChI is InChI=1S/C23H27N5/c1-18-25-22-12-15-28(16-19-8-4-3-5-9-19)17-21(22)23(26-18)27(2)14-11-20-10-6-7-13-24-20/h3-10,13H,11-12,14-17H2,1-2H3. The summed E-state index contributed by atoms with van der Waals surface area (Å²) in [4.78, 5) is 18.7. The Morgan fingerprint density at radius 2 is 1.86 bits per heavy atom. The molecule has 144 valence electrons. The Morgan fingerprint density at radius 3 is 2.64 bits per heavy atom. The Morgan fingerprint density at radius 1 is 1.04 bits per heavy atom. The van der Waals surface area contributed by atoms with Gasteiger partial charge in [0.1, 0.15) is 11.6 Å². The van der Waals surface area contributed by atoms with Crippen LogP contribution >= 0.6 is 0 Å². The second-order valence-electron chi connectivity index (χ2n) is 7.46. The van der Waals surface area contributed by atoms with Crippen LogP contribution in [0.15, 0.2) is 54.7 Å². The molecule has 2 aromatic heterocycles. The van der Waals surface area contributed by atoms with Crippen molar-refractivity contribution in [2.75, 3.05) is 25.0 Å². The molecule has 0 bridgehead atoms. The summed E-state index contributed by atoms with van der Waals surface area (Å²) in [6.07, 6.45) is 3.74. The van der Waals surface area contributed by atoms with Gasteiger partial charge in [-0.15, -0.1) is 0 Å². The summed E-state index contributed by atoms with van der Waals surface area (Å²) >= 11 is 0. The van der Waals surface area contributed by atoms with Crippen LogP contribution in [0.3, 0.4) is 0 Å². The summed E-state index contributed by atoms with van der Waals surface area (Å²) in [5.41, 5.74) is 4.94. The molecule has 5 nitrogen and oxygen atoms in total. The zero-order valence-corrected chi connectivity index (χ0v) is 16.7. The fraction of sp³-hybridized carbons (Fsp3) is 0.348. The van der Waals surface area contributed by atoms with Gasteiger partial charge in [0.2, 0.25) is 0 Å². The predicted molar refractivity (Wildman–Crippen MR) is 112 cm³/mol. The number of rotatable bonds is 6. The lowest BCUT2D eigenvalue weighted by Gasteiger charge is -2.31. The molecule has 0 N–H and O–H groups in total. The Labute approximate surface area is 167 Å². The van der Waals surface area contributed by atoms with Crippen LogP contribution in [0, 0.1) is 6.92 Å². The van der Waals surface area contributed by atoms with Gasteiger partial charge in [-0.25, -0.2) is 9.97 Å². The minimum atomic E-state index is 0.856. The van der Waals surface area contributed by atoms with E-state index in [0.29, 0.717) is 0 Å². The van der Waals surface area contributed by atoms with Crippen LogP contribution in [-0.4, -0.2) is 40.0 Å². The smallest absolute Gasteiger partial charge is 0.136 e. The van der Waals surface area contributed by atoms with Gasteiger partial charge in [-0.3, -0.25) is 9.88 Å². The van der Waals surface area contributed by atoms with E-state index in [9.17, 15) is 0 Å². The van der Waals surface area contributed by atoms with Crippen molar-refractivity contribution in [1.29, 1.82) is 0 Å². The SMILES string of the molecule is Cc1nc2c(c(N(C)CCc3ccccn3)n1)CN(Cc1ccccc1)CC2. The van der Waals surface area contributed by atoms with E-state index in [1.807, 2.05) is 25.3 Å². The lowest BCUT2D eigenvalue weighted by Crippen LogP contribution is -2.34. The van der Waals surface area contributed by atoms with Gasteiger partial charge in [0, 0.05) is 63.5 Å². The van der Waals surface area contributed by atoms with E-state index in [4.69, 9.17) is 9.97 Å². The average Bonchev–Trinajstić information content (AvgIpc) is 2.73. The van der Waals surface area contributed by atoms with E-state index in [1.54, 1.807) is 0 Å². The monoisotopic (exact) mass is 373 g/mol. The number of anilines is 1. The van der Waals surface area contributed by atoms with Crippen molar-refractivity contribution in [3.63, 3.8) is 0 Å². The van der Waals surface area contributed by atoms with Crippen molar-refractivity contribution in [3.05, 3.63) is 83.1 Å². The van der Waals surface area contributed by atoms with Gasteiger partial charge >= 0.3 is 0 Å². The zero-order valence-electron chi connectivity index (χ0n) is 16.7. The maximum Gasteiger partial charge on any atom is 0.136 e. The molecule has 1 aliphatic heterocycles. The van der Waals surface area contributed by atoms with E-state index >= 15 is 0 Å². The highest BCUT2D eigenvalue weighted by Crippen LogP contribution is 2.27. The summed E-state index contributed by atoms with van der Waals surface area (Å²) in [5, 5.41) is 0. The number of aryl methyl sites for hydroxylation is 1. The highest BCUT2D eigenvalue weighted by atomic mass is 15.2. The van der Waals surface area contributed by atoms with Crippen molar-refractivity contribution in [1.82, 2.24) is 19.9 Å². The van der Waals surface area contributed by atoms with Crippen molar-refractivity contribution in [3.8, 4) is 0 Å². The van der Waals surface area contributed by atoms with Crippen LogP contribution in [0.25, 0.3) is 0 Å². The van der Waals surface area contributed by atoms with E-state index in [-0.39, 0.29) is 0 Å². The summed E-state index contributed by atoms with van der Waals surface area (Å²) in [7, 11) is 2.13. The van der Waals surface area contributed by atoms with E-state index < -0.39 is 0 Å². The number of benzene rings is 1. The van der Waals surface area contributed by atoms with Crippen molar-refractivity contribution >= 4 is 5.82 Å². The number of nitrogens with zero attached hydrogens (tertiary/aromatic N) is 5. The van der Waals surface area contributed by atoms with E-state index in [2.05, 4.69) is 58.2 Å². The molecule has 0 aliphatic carbocycles. The zero-order chi connectivity index (χ0) is 19.3. The Bertz CT molecular complexity index is 911. The summed E-state index contributed by atoms with van der Waals surface area (Å²) in [5.74, 6) is 1.92. The number of hydrogen-bond acceptors (Lipinski definition) is 5. The molecular weight excluding hydrogens is 346 g/mol. The Hall–Kier alpha value is -2.79. The fourth-order valence-corrected chi connectivity index (χ4v) is 3.80. The van der Waals surface area contributed by atoms with Gasteiger partial charge < -0.3 is 4.90 Å². The van der Waals surface area contributed by atoms with Gasteiger partial charge in [0.25, 0.3) is 0 Å². The van der Waals surface area contributed by atoms with Crippen LogP contribution in [-0.2, 0) is 25.9 Å². The number of aromatic nitrogens is 3. The first-order valence-electron chi connectivity index (χ1n) is 9.93. The third-order valence-corrected chi connectivity index (χ3v) is 5.27. The van der Waals surface area contributed by atoms with Crippen molar-refractivity contribution in [2.45, 2.75) is 32.9 Å². The lowest BCUT2D eigenvalue weighted by atomic mass is 10.0. The lowest BCUT2D eigenvalue weighted by molar-refractivity contribution is 0.243. The van der Waals surface area contributed by atoms with Crippen molar-refractivity contribution < 1.29 is 0 Å². The molecule has 0 amide bonds. The largest absolute Gasteiger partial charge is 0.359 e. The van der Waals surface area contributed by atoms with Gasteiger partial charge in [-0.2, -0.15) is 0 Å². The molecule has 0 spiro atoms. The molecule has 4 rings (SSSR count). The van der Waals surface area contributed by atoms with E-state index in [0.717, 1.165) is 56.4 Å². The van der Waals surface area contributed by atoms with Gasteiger partial charge in [0.15, 0.2) is 0 Å². The quantitative estimate of drug-likeness (QED) is 0.662. The highest BCUT2D eigenvalue weighted by Gasteiger charge is 2.23. The topological polar surface area (TPSA) is 45.2 Å². The van der Waals surface area contributed by atoms with Crippen LogP contribution in [0.1, 0.15) is 28.3 Å². The third kappa shape index (κ3) is 4.37. The molecular formula is C23H27N5. The molecule has 28 heavy (non-hydrogen) atoms. The number of fused-ring (bicyclic) bond motifs is 1. The third-order valence-electron chi connectivity index (χ3n) is 5.27. The second kappa shape index (κ2) is 8.48. The molecule has 0 saturated carbocycles. The Kier molecular flexibility index (Phi) is 5.63. The fourth-order valence-electron chi connectivity index (χ4n) is 3.80. The molecule has 0 fully saturated rings. The van der Waals surface area contributed by atoms with E-state index in [1.165, 1.54) is 16.8 Å². The number of pyridine rings is 1. The molecule has 3 heterocycles. The molecule has 0 unspecified atom stereocenters. The molecule has 5 heteroatoms. The summed E-state index contributed by atoms with van der Waals surface area (Å²) in [6, 6.07) is 16.8. The minimum Gasteiger partial charge on any atom is -0.359 e. The highest BCUT2D eigenvalue weighted by molar-refractivity contribution is 5.49. The molecule has 1 aromatic carbocycles. The minimum absolute atomic E-state index is 0.856. The molecule has 3 aromatic rings. The first-order valence-corrected chi connectivity index (χ1v) is 9.93. The Balaban J connectivity index is 1.51. The molecule has 0 atom stereocenters. The summed E-state index contributed by atoms with van der Waals surface area (Å²) < 4.78 is 0. The predicted octanol–water partition coefficient (Wildman–Crippen LogP) is 3.42. The van der Waals surface area contributed by atoms with Crippen LogP contribution in [0.2, 0.25) is 0 Å². The summed E-state index contributed by atoms with van der Waals surface area (Å²) in [6.45, 7) is 5.78. The van der Waals surface area contributed by atoms with Crippen molar-refractivity contribution in [2.24, 2.45) is 0 Å². The molecule has 0 saturated heterocycles. The van der Waals surface area contributed by atoms with Gasteiger partial charge in [0.05, 0.1) is 5.69 Å². The van der Waals surface area contributed by atoms with Crippen LogP contribution < -0.4 is 4.90 Å². The van der Waals surface area contributed by atoms with Crippen LogP contribution in [0.5, 0.6) is 0 Å². The first-order chi connectivity index (χ1) is 13.7. The maximum absolute atomic E-state index is 4.81. The number of likely N-dealkylation sites (N-methyl/N-ethyl adjacent to an activating group) is 1. The normalized spacial score (nSPS) is 13.9. The number of hydrogen-bond donors (Lipinski definition) is 0. The average molecular weight is 374 g/mol.